The fraction of sp³-hybridized carbons (Fsp3) is 0.0312. The van der Waals surface area contributed by atoms with Crippen molar-refractivity contribution in [3.63, 3.8) is 0 Å². The summed E-state index contributed by atoms with van der Waals surface area (Å²) in [5, 5.41) is 11.4. The van der Waals surface area contributed by atoms with Crippen LogP contribution in [0.1, 0.15) is 17.0 Å². The molecule has 1 aliphatic heterocycles. The Kier molecular flexibility index (Phi) is 5.16. The second-order valence-corrected chi connectivity index (χ2v) is 8.70. The standard InChI is InChI=1S/C32H23NO2/c34-31-27(22-12-4-1-5-13-22)20-24(21-28(31)23-14-6-2-7-15-23)30-26-18-10-11-19-29(26)33(32(30)35)25-16-8-3-9-17-25/h1-21,30,34H. The zero-order valence-corrected chi connectivity index (χ0v) is 19.0. The van der Waals surface area contributed by atoms with E-state index < -0.39 is 5.92 Å². The minimum atomic E-state index is -0.475. The number of rotatable bonds is 4. The van der Waals surface area contributed by atoms with Gasteiger partial charge in [0, 0.05) is 16.8 Å². The van der Waals surface area contributed by atoms with Gasteiger partial charge in [-0.15, -0.1) is 0 Å². The third kappa shape index (κ3) is 3.58. The van der Waals surface area contributed by atoms with E-state index in [1.807, 2.05) is 127 Å². The average molecular weight is 454 g/mol. The monoisotopic (exact) mass is 453 g/mol. The Morgan fingerprint density at radius 2 is 1.09 bits per heavy atom. The van der Waals surface area contributed by atoms with Crippen molar-refractivity contribution in [2.24, 2.45) is 0 Å². The number of amides is 1. The molecule has 5 aromatic carbocycles. The average Bonchev–Trinajstić information content (AvgIpc) is 3.22. The molecule has 35 heavy (non-hydrogen) atoms. The van der Waals surface area contributed by atoms with Crippen molar-refractivity contribution in [3.05, 3.63) is 139 Å². The predicted molar refractivity (Wildman–Crippen MR) is 141 cm³/mol. The van der Waals surface area contributed by atoms with E-state index >= 15 is 0 Å². The van der Waals surface area contributed by atoms with Crippen LogP contribution in [-0.2, 0) is 4.79 Å². The Morgan fingerprint density at radius 3 is 1.66 bits per heavy atom. The molecule has 0 fully saturated rings. The molecule has 3 nitrogen and oxygen atoms in total. The number of nitrogens with zero attached hydrogens (tertiary/aromatic N) is 1. The Morgan fingerprint density at radius 1 is 0.600 bits per heavy atom. The highest BCUT2D eigenvalue weighted by Gasteiger charge is 2.39. The highest BCUT2D eigenvalue weighted by Crippen LogP contribution is 2.48. The van der Waals surface area contributed by atoms with Crippen LogP contribution in [0.15, 0.2) is 127 Å². The molecule has 1 unspecified atom stereocenters. The molecule has 1 aliphatic rings. The van der Waals surface area contributed by atoms with Crippen molar-refractivity contribution in [1.82, 2.24) is 0 Å². The fourth-order valence-corrected chi connectivity index (χ4v) is 4.98. The molecule has 0 aliphatic carbocycles. The van der Waals surface area contributed by atoms with Crippen LogP contribution in [0, 0.1) is 0 Å². The van der Waals surface area contributed by atoms with Crippen molar-refractivity contribution >= 4 is 17.3 Å². The third-order valence-electron chi connectivity index (χ3n) is 6.61. The molecule has 0 saturated heterocycles. The number of carbonyl (C=O) groups excluding carboxylic acids is 1. The van der Waals surface area contributed by atoms with E-state index in [-0.39, 0.29) is 11.7 Å². The summed E-state index contributed by atoms with van der Waals surface area (Å²) >= 11 is 0. The van der Waals surface area contributed by atoms with Crippen molar-refractivity contribution in [2.45, 2.75) is 5.92 Å². The van der Waals surface area contributed by atoms with E-state index in [1.165, 1.54) is 0 Å². The van der Waals surface area contributed by atoms with Gasteiger partial charge in [0.1, 0.15) is 5.75 Å². The van der Waals surface area contributed by atoms with Crippen LogP contribution >= 0.6 is 0 Å². The van der Waals surface area contributed by atoms with Crippen LogP contribution in [0.2, 0.25) is 0 Å². The first-order valence-corrected chi connectivity index (χ1v) is 11.7. The SMILES string of the molecule is O=C1C(c2cc(-c3ccccc3)c(O)c(-c3ccccc3)c2)c2ccccc2N1c1ccccc1. The largest absolute Gasteiger partial charge is 0.507 e. The van der Waals surface area contributed by atoms with Crippen molar-refractivity contribution < 1.29 is 9.90 Å². The molecule has 1 N–H and O–H groups in total. The lowest BCUT2D eigenvalue weighted by molar-refractivity contribution is -0.117. The highest BCUT2D eigenvalue weighted by atomic mass is 16.3. The van der Waals surface area contributed by atoms with E-state index in [0.717, 1.165) is 33.6 Å². The first kappa shape index (κ1) is 20.9. The van der Waals surface area contributed by atoms with E-state index in [9.17, 15) is 9.90 Å². The highest BCUT2D eigenvalue weighted by molar-refractivity contribution is 6.12. The van der Waals surface area contributed by atoms with E-state index in [1.54, 1.807) is 4.90 Å². The molecular weight excluding hydrogens is 430 g/mol. The molecule has 0 saturated carbocycles. The van der Waals surface area contributed by atoms with Gasteiger partial charge in [0.05, 0.1) is 11.6 Å². The summed E-state index contributed by atoms with van der Waals surface area (Å²) in [5.41, 5.74) is 6.80. The number of hydrogen-bond donors (Lipinski definition) is 1. The first-order chi connectivity index (χ1) is 17.2. The summed E-state index contributed by atoms with van der Waals surface area (Å²) in [6, 6.07) is 41.3. The van der Waals surface area contributed by atoms with Gasteiger partial charge in [-0.3, -0.25) is 9.69 Å². The molecular formula is C32H23NO2. The molecule has 0 radical (unpaired) electrons. The molecule has 6 rings (SSSR count). The maximum absolute atomic E-state index is 14.0. The summed E-state index contributed by atoms with van der Waals surface area (Å²) in [6.07, 6.45) is 0. The fourth-order valence-electron chi connectivity index (χ4n) is 4.98. The maximum Gasteiger partial charge on any atom is 0.243 e. The van der Waals surface area contributed by atoms with Crippen molar-refractivity contribution in [3.8, 4) is 28.0 Å². The quantitative estimate of drug-likeness (QED) is 0.305. The normalized spacial score (nSPS) is 14.7. The van der Waals surface area contributed by atoms with Gasteiger partial charge >= 0.3 is 0 Å². The van der Waals surface area contributed by atoms with Gasteiger partial charge < -0.3 is 5.11 Å². The number of phenolic OH excluding ortho intramolecular Hbond substituents is 1. The molecule has 168 valence electrons. The topological polar surface area (TPSA) is 40.5 Å². The number of aromatic hydroxyl groups is 1. The van der Waals surface area contributed by atoms with Crippen molar-refractivity contribution in [1.29, 1.82) is 0 Å². The van der Waals surface area contributed by atoms with Gasteiger partial charge in [-0.2, -0.15) is 0 Å². The minimum Gasteiger partial charge on any atom is -0.507 e. The molecule has 3 heteroatoms. The summed E-state index contributed by atoms with van der Waals surface area (Å²) in [5.74, 6) is -0.261. The second-order valence-electron chi connectivity index (χ2n) is 8.70. The van der Waals surface area contributed by atoms with Crippen LogP contribution < -0.4 is 4.90 Å². The number of benzene rings is 5. The Bertz CT molecular complexity index is 1450. The number of fused-ring (bicyclic) bond motifs is 1. The van der Waals surface area contributed by atoms with E-state index in [2.05, 4.69) is 0 Å². The van der Waals surface area contributed by atoms with Gasteiger partial charge in [0.25, 0.3) is 0 Å². The number of para-hydroxylation sites is 2. The third-order valence-corrected chi connectivity index (χ3v) is 6.61. The van der Waals surface area contributed by atoms with Crippen LogP contribution in [-0.4, -0.2) is 11.0 Å². The molecule has 1 heterocycles. The Balaban J connectivity index is 1.58. The second kappa shape index (κ2) is 8.62. The van der Waals surface area contributed by atoms with E-state index in [0.29, 0.717) is 11.1 Å². The number of anilines is 2. The van der Waals surface area contributed by atoms with Gasteiger partial charge in [0.2, 0.25) is 5.91 Å². The Labute approximate surface area is 204 Å². The lowest BCUT2D eigenvalue weighted by Crippen LogP contribution is -2.24. The Hall–Kier alpha value is -4.63. The molecule has 0 spiro atoms. The number of carbonyl (C=O) groups is 1. The van der Waals surface area contributed by atoms with Gasteiger partial charge in [-0.25, -0.2) is 0 Å². The maximum atomic E-state index is 14.0. The minimum absolute atomic E-state index is 0.00103. The smallest absolute Gasteiger partial charge is 0.243 e. The molecule has 1 amide bonds. The number of hydrogen-bond acceptors (Lipinski definition) is 2. The summed E-state index contributed by atoms with van der Waals surface area (Å²) in [7, 11) is 0. The summed E-state index contributed by atoms with van der Waals surface area (Å²) < 4.78 is 0. The first-order valence-electron chi connectivity index (χ1n) is 11.7. The van der Waals surface area contributed by atoms with Crippen LogP contribution in [0.4, 0.5) is 11.4 Å². The van der Waals surface area contributed by atoms with Gasteiger partial charge in [0.15, 0.2) is 0 Å². The van der Waals surface area contributed by atoms with Crippen molar-refractivity contribution in [2.75, 3.05) is 4.90 Å². The molecule has 1 atom stereocenters. The lowest BCUT2D eigenvalue weighted by atomic mass is 9.87. The molecule has 0 aromatic heterocycles. The zero-order valence-electron chi connectivity index (χ0n) is 19.0. The summed E-state index contributed by atoms with van der Waals surface area (Å²) in [4.78, 5) is 15.8. The van der Waals surface area contributed by atoms with Gasteiger partial charge in [-0.05, 0) is 52.6 Å². The molecule has 5 aromatic rings. The van der Waals surface area contributed by atoms with Crippen LogP contribution in [0.5, 0.6) is 5.75 Å². The lowest BCUT2D eigenvalue weighted by Gasteiger charge is -2.19. The van der Waals surface area contributed by atoms with E-state index in [4.69, 9.17) is 0 Å². The zero-order chi connectivity index (χ0) is 23.8. The number of phenols is 1. The predicted octanol–water partition coefficient (Wildman–Crippen LogP) is 7.54. The summed E-state index contributed by atoms with van der Waals surface area (Å²) in [6.45, 7) is 0. The van der Waals surface area contributed by atoms with Gasteiger partial charge in [-0.1, -0.05) is 97.1 Å². The van der Waals surface area contributed by atoms with Crippen LogP contribution in [0.25, 0.3) is 22.3 Å². The molecule has 0 bridgehead atoms. The van der Waals surface area contributed by atoms with Crippen LogP contribution in [0.3, 0.4) is 0 Å².